The minimum atomic E-state index is -0.184. The number of nitrogens with zero attached hydrogens (tertiary/aromatic N) is 4. The maximum atomic E-state index is 9.66. The molecule has 140 valence electrons. The molecule has 0 atom stereocenters. The number of hydrogen-bond acceptors (Lipinski definition) is 5. The molecule has 1 aliphatic heterocycles. The Morgan fingerprint density at radius 3 is 2.85 bits per heavy atom. The van der Waals surface area contributed by atoms with Gasteiger partial charge < -0.3 is 9.84 Å². The number of rotatable bonds is 7. The summed E-state index contributed by atoms with van der Waals surface area (Å²) in [5.41, 5.74) is 1.16. The van der Waals surface area contributed by atoms with E-state index < -0.39 is 0 Å². The van der Waals surface area contributed by atoms with E-state index in [1.807, 2.05) is 46.5 Å². The molecule has 0 radical (unpaired) electrons. The van der Waals surface area contributed by atoms with Gasteiger partial charge in [-0.05, 0) is 49.7 Å². The van der Waals surface area contributed by atoms with Crippen LogP contribution in [-0.2, 0) is 19.8 Å². The average Bonchev–Trinajstić information content (AvgIpc) is 2.91. The SMILES string of the molecule is C=CCn1c(COc2cccc(C)c2)nn(CN2CCC(O)CC2)c1=S. The van der Waals surface area contributed by atoms with Gasteiger partial charge in [0.25, 0.3) is 0 Å². The largest absolute Gasteiger partial charge is 0.486 e. The zero-order valence-corrected chi connectivity index (χ0v) is 16.0. The number of piperidine rings is 1. The lowest BCUT2D eigenvalue weighted by atomic mass is 10.1. The van der Waals surface area contributed by atoms with Crippen LogP contribution in [0.3, 0.4) is 0 Å². The minimum absolute atomic E-state index is 0.184. The Hall–Kier alpha value is -1.96. The summed E-state index contributed by atoms with van der Waals surface area (Å²) < 4.78 is 10.4. The van der Waals surface area contributed by atoms with E-state index in [0.717, 1.165) is 43.1 Å². The lowest BCUT2D eigenvalue weighted by Gasteiger charge is -2.28. The van der Waals surface area contributed by atoms with Crippen molar-refractivity contribution in [3.8, 4) is 5.75 Å². The molecule has 7 heteroatoms. The summed E-state index contributed by atoms with van der Waals surface area (Å²) >= 11 is 5.61. The van der Waals surface area contributed by atoms with Crippen molar-refractivity contribution in [2.75, 3.05) is 13.1 Å². The fourth-order valence-electron chi connectivity index (χ4n) is 3.10. The first-order valence-electron chi connectivity index (χ1n) is 8.94. The Morgan fingerprint density at radius 2 is 2.15 bits per heavy atom. The molecular formula is C19H26N4O2S. The van der Waals surface area contributed by atoms with E-state index in [2.05, 4.69) is 16.6 Å². The molecule has 2 heterocycles. The van der Waals surface area contributed by atoms with Gasteiger partial charge in [-0.25, -0.2) is 4.68 Å². The van der Waals surface area contributed by atoms with Crippen LogP contribution in [0.4, 0.5) is 0 Å². The van der Waals surface area contributed by atoms with E-state index >= 15 is 0 Å². The van der Waals surface area contributed by atoms with E-state index in [1.165, 1.54) is 0 Å². The lowest BCUT2D eigenvalue weighted by molar-refractivity contribution is 0.0649. The number of hydrogen-bond donors (Lipinski definition) is 1. The summed E-state index contributed by atoms with van der Waals surface area (Å²) in [5.74, 6) is 1.61. The molecule has 0 bridgehead atoms. The molecule has 1 aromatic heterocycles. The van der Waals surface area contributed by atoms with Gasteiger partial charge in [-0.1, -0.05) is 18.2 Å². The van der Waals surface area contributed by atoms with Crippen molar-refractivity contribution < 1.29 is 9.84 Å². The smallest absolute Gasteiger partial charge is 0.199 e. The molecule has 0 unspecified atom stereocenters. The summed E-state index contributed by atoms with van der Waals surface area (Å²) in [7, 11) is 0. The second-order valence-electron chi connectivity index (χ2n) is 6.69. The number of benzene rings is 1. The van der Waals surface area contributed by atoms with Crippen LogP contribution in [0, 0.1) is 11.7 Å². The molecule has 1 saturated heterocycles. The summed E-state index contributed by atoms with van der Waals surface area (Å²) in [6, 6.07) is 7.96. The first-order valence-corrected chi connectivity index (χ1v) is 9.35. The van der Waals surface area contributed by atoms with Gasteiger partial charge in [0.1, 0.15) is 12.4 Å². The second-order valence-corrected chi connectivity index (χ2v) is 7.06. The van der Waals surface area contributed by atoms with Crippen LogP contribution >= 0.6 is 12.2 Å². The molecule has 26 heavy (non-hydrogen) atoms. The zero-order valence-electron chi connectivity index (χ0n) is 15.2. The number of aliphatic hydroxyl groups is 1. The maximum Gasteiger partial charge on any atom is 0.199 e. The minimum Gasteiger partial charge on any atom is -0.486 e. The molecule has 1 N–H and O–H groups in total. The molecule has 1 aliphatic rings. The molecule has 2 aromatic rings. The van der Waals surface area contributed by atoms with Crippen molar-refractivity contribution >= 4 is 12.2 Å². The van der Waals surface area contributed by atoms with Gasteiger partial charge >= 0.3 is 0 Å². The van der Waals surface area contributed by atoms with Crippen molar-refractivity contribution in [3.63, 3.8) is 0 Å². The molecule has 6 nitrogen and oxygen atoms in total. The van der Waals surface area contributed by atoms with Crippen LogP contribution in [0.25, 0.3) is 0 Å². The molecule has 0 aliphatic carbocycles. The van der Waals surface area contributed by atoms with Crippen LogP contribution in [0.1, 0.15) is 24.2 Å². The Labute approximate surface area is 159 Å². The van der Waals surface area contributed by atoms with E-state index in [9.17, 15) is 5.11 Å². The van der Waals surface area contributed by atoms with E-state index in [-0.39, 0.29) is 6.10 Å². The Morgan fingerprint density at radius 1 is 1.38 bits per heavy atom. The second kappa shape index (κ2) is 8.62. The van der Waals surface area contributed by atoms with Crippen molar-refractivity contribution in [1.29, 1.82) is 0 Å². The van der Waals surface area contributed by atoms with Crippen LogP contribution in [0.15, 0.2) is 36.9 Å². The Balaban J connectivity index is 1.74. The predicted octanol–water partition coefficient (Wildman–Crippen LogP) is 2.90. The molecule has 0 saturated carbocycles. The quantitative estimate of drug-likeness (QED) is 0.597. The topological polar surface area (TPSA) is 55.5 Å². The fraction of sp³-hybridized carbons (Fsp3) is 0.474. The van der Waals surface area contributed by atoms with Gasteiger partial charge in [-0.2, -0.15) is 5.10 Å². The van der Waals surface area contributed by atoms with E-state index in [0.29, 0.717) is 24.6 Å². The summed E-state index contributed by atoms with van der Waals surface area (Å²) in [6.45, 7) is 9.15. The van der Waals surface area contributed by atoms with Crippen LogP contribution < -0.4 is 4.74 Å². The third kappa shape index (κ3) is 4.60. The van der Waals surface area contributed by atoms with Gasteiger partial charge in [0.15, 0.2) is 10.6 Å². The first-order chi connectivity index (χ1) is 12.6. The van der Waals surface area contributed by atoms with E-state index in [1.54, 1.807) is 0 Å². The number of aliphatic hydroxyl groups excluding tert-OH is 1. The highest BCUT2D eigenvalue weighted by molar-refractivity contribution is 7.71. The van der Waals surface area contributed by atoms with Crippen LogP contribution in [-0.4, -0.2) is 43.5 Å². The number of aryl methyl sites for hydroxylation is 1. The van der Waals surface area contributed by atoms with Crippen molar-refractivity contribution in [2.24, 2.45) is 0 Å². The molecule has 1 aromatic carbocycles. The molecular weight excluding hydrogens is 348 g/mol. The Bertz CT molecular complexity index is 806. The van der Waals surface area contributed by atoms with Gasteiger partial charge in [0.2, 0.25) is 0 Å². The monoisotopic (exact) mass is 374 g/mol. The third-order valence-corrected chi connectivity index (χ3v) is 4.99. The van der Waals surface area contributed by atoms with Gasteiger partial charge in [0.05, 0.1) is 12.8 Å². The van der Waals surface area contributed by atoms with Gasteiger partial charge in [0, 0.05) is 19.6 Å². The highest BCUT2D eigenvalue weighted by Crippen LogP contribution is 2.15. The van der Waals surface area contributed by atoms with Gasteiger partial charge in [-0.15, -0.1) is 6.58 Å². The lowest BCUT2D eigenvalue weighted by Crippen LogP contribution is -2.37. The van der Waals surface area contributed by atoms with Crippen molar-refractivity contribution in [2.45, 2.75) is 45.7 Å². The summed E-state index contributed by atoms with van der Waals surface area (Å²) in [5, 5.41) is 14.3. The predicted molar refractivity (Wildman–Crippen MR) is 104 cm³/mol. The summed E-state index contributed by atoms with van der Waals surface area (Å²) in [4.78, 5) is 2.26. The summed E-state index contributed by atoms with van der Waals surface area (Å²) in [6.07, 6.45) is 3.22. The number of likely N-dealkylation sites (tertiary alicyclic amines) is 1. The third-order valence-electron chi connectivity index (χ3n) is 4.56. The molecule has 1 fully saturated rings. The highest BCUT2D eigenvalue weighted by Gasteiger charge is 2.19. The first kappa shape index (κ1) is 18.8. The molecule has 3 rings (SSSR count). The standard InChI is InChI=1S/C19H26N4O2S/c1-3-9-22-18(13-25-17-6-4-5-15(2)12-17)20-23(19(22)26)14-21-10-7-16(24)8-11-21/h3-6,12,16,24H,1,7-11,13-14H2,2H3. The number of ether oxygens (including phenoxy) is 1. The fourth-order valence-corrected chi connectivity index (χ4v) is 3.38. The van der Waals surface area contributed by atoms with Gasteiger partial charge in [-0.3, -0.25) is 9.47 Å². The number of allylic oxidation sites excluding steroid dienone is 1. The molecule has 0 amide bonds. The molecule has 0 spiro atoms. The highest BCUT2D eigenvalue weighted by atomic mass is 32.1. The van der Waals surface area contributed by atoms with E-state index in [4.69, 9.17) is 17.0 Å². The average molecular weight is 375 g/mol. The van der Waals surface area contributed by atoms with Crippen LogP contribution in [0.2, 0.25) is 0 Å². The maximum absolute atomic E-state index is 9.66. The van der Waals surface area contributed by atoms with Crippen LogP contribution in [0.5, 0.6) is 5.75 Å². The number of aromatic nitrogens is 3. The van der Waals surface area contributed by atoms with Crippen molar-refractivity contribution in [3.05, 3.63) is 53.1 Å². The van der Waals surface area contributed by atoms with Crippen molar-refractivity contribution in [1.82, 2.24) is 19.2 Å². The normalized spacial score (nSPS) is 15.9. The Kier molecular flexibility index (Phi) is 6.24. The zero-order chi connectivity index (χ0) is 18.5.